The van der Waals surface area contributed by atoms with Crippen molar-refractivity contribution in [2.24, 2.45) is 0 Å². The lowest BCUT2D eigenvalue weighted by Crippen LogP contribution is -2.31. The highest BCUT2D eigenvalue weighted by atomic mass is 35.5. The van der Waals surface area contributed by atoms with Crippen molar-refractivity contribution in [3.63, 3.8) is 0 Å². The molecule has 0 aromatic heterocycles. The van der Waals surface area contributed by atoms with Crippen LogP contribution in [0.25, 0.3) is 0 Å². The highest BCUT2D eigenvalue weighted by molar-refractivity contribution is 6.17. The number of hydrogen-bond donors (Lipinski definition) is 1. The molecule has 106 valence electrons. The molecule has 1 saturated carbocycles. The van der Waals surface area contributed by atoms with Crippen LogP contribution in [0.5, 0.6) is 0 Å². The normalized spacial score (nSPS) is 23.3. The van der Waals surface area contributed by atoms with Crippen molar-refractivity contribution >= 4 is 17.3 Å². The summed E-state index contributed by atoms with van der Waals surface area (Å²) in [6.45, 7) is 0. The molecule has 0 bridgehead atoms. The van der Waals surface area contributed by atoms with Gasteiger partial charge in [0.05, 0.1) is 6.10 Å². The van der Waals surface area contributed by atoms with Gasteiger partial charge in [0.1, 0.15) is 0 Å². The van der Waals surface area contributed by atoms with Gasteiger partial charge in [-0.3, -0.25) is 0 Å². The Kier molecular flexibility index (Phi) is 5.99. The molecule has 3 heteroatoms. The third-order valence-corrected chi connectivity index (χ3v) is 4.12. The molecule has 0 radical (unpaired) electrons. The molecule has 2 unspecified atom stereocenters. The fourth-order valence-corrected chi connectivity index (χ4v) is 2.95. The van der Waals surface area contributed by atoms with Gasteiger partial charge in [0, 0.05) is 24.7 Å². The summed E-state index contributed by atoms with van der Waals surface area (Å²) in [4.78, 5) is 0. The molecule has 1 fully saturated rings. The molecule has 0 aliphatic heterocycles. The minimum atomic E-state index is 0.422. The summed E-state index contributed by atoms with van der Waals surface area (Å²) >= 11 is 5.75. The number of benzene rings is 1. The third-order valence-electron chi connectivity index (χ3n) is 3.86. The number of ether oxygens (including phenoxy) is 1. The quantitative estimate of drug-likeness (QED) is 0.788. The van der Waals surface area contributed by atoms with Gasteiger partial charge in [-0.05, 0) is 56.2 Å². The Morgan fingerprint density at radius 2 is 2.26 bits per heavy atom. The van der Waals surface area contributed by atoms with Crippen LogP contribution in [0.1, 0.15) is 37.7 Å². The summed E-state index contributed by atoms with van der Waals surface area (Å²) in [5.41, 5.74) is 2.60. The molecule has 1 N–H and O–H groups in total. The second-order valence-electron chi connectivity index (χ2n) is 5.36. The van der Waals surface area contributed by atoms with Crippen LogP contribution >= 0.6 is 11.6 Å². The van der Waals surface area contributed by atoms with Gasteiger partial charge in [0.2, 0.25) is 0 Å². The van der Waals surface area contributed by atoms with E-state index in [-0.39, 0.29) is 0 Å². The molecule has 1 aliphatic carbocycles. The maximum Gasteiger partial charge on any atom is 0.0590 e. The van der Waals surface area contributed by atoms with E-state index in [1.807, 2.05) is 7.11 Å². The summed E-state index contributed by atoms with van der Waals surface area (Å²) in [5.74, 6) is 0.732. The number of alkyl halides is 1. The first-order valence-electron chi connectivity index (χ1n) is 7.26. The van der Waals surface area contributed by atoms with Crippen LogP contribution in [0.4, 0.5) is 5.69 Å². The number of anilines is 1. The molecule has 1 aromatic carbocycles. The smallest absolute Gasteiger partial charge is 0.0590 e. The van der Waals surface area contributed by atoms with Crippen molar-refractivity contribution in [1.82, 2.24) is 0 Å². The molecular formula is C16H24ClNO. The Balaban J connectivity index is 1.90. The summed E-state index contributed by atoms with van der Waals surface area (Å²) in [6, 6.07) is 9.25. The highest BCUT2D eigenvalue weighted by Gasteiger charge is 2.21. The molecule has 0 amide bonds. The predicted molar refractivity (Wildman–Crippen MR) is 82.2 cm³/mol. The summed E-state index contributed by atoms with van der Waals surface area (Å²) in [5, 5.41) is 3.65. The Morgan fingerprint density at radius 3 is 3.05 bits per heavy atom. The van der Waals surface area contributed by atoms with Crippen molar-refractivity contribution in [2.45, 2.75) is 50.7 Å². The van der Waals surface area contributed by atoms with Crippen LogP contribution in [-0.4, -0.2) is 25.1 Å². The van der Waals surface area contributed by atoms with Crippen LogP contribution in [0.3, 0.4) is 0 Å². The molecule has 0 heterocycles. The zero-order valence-corrected chi connectivity index (χ0v) is 12.5. The van der Waals surface area contributed by atoms with Crippen LogP contribution in [0.2, 0.25) is 0 Å². The van der Waals surface area contributed by atoms with Gasteiger partial charge in [0.15, 0.2) is 0 Å². The summed E-state index contributed by atoms with van der Waals surface area (Å²) in [6.07, 6.45) is 7.33. The van der Waals surface area contributed by atoms with E-state index in [1.54, 1.807) is 0 Å². The molecule has 1 aromatic rings. The summed E-state index contributed by atoms with van der Waals surface area (Å²) < 4.78 is 5.48. The van der Waals surface area contributed by atoms with Crippen molar-refractivity contribution in [3.05, 3.63) is 29.8 Å². The summed E-state index contributed by atoms with van der Waals surface area (Å²) in [7, 11) is 1.82. The number of hydrogen-bond acceptors (Lipinski definition) is 2. The van der Waals surface area contributed by atoms with Gasteiger partial charge in [-0.15, -0.1) is 11.6 Å². The number of nitrogens with one attached hydrogen (secondary N) is 1. The van der Waals surface area contributed by atoms with E-state index in [0.29, 0.717) is 12.1 Å². The van der Waals surface area contributed by atoms with Gasteiger partial charge in [0.25, 0.3) is 0 Å². The number of aryl methyl sites for hydroxylation is 1. The minimum Gasteiger partial charge on any atom is -0.382 e. The van der Waals surface area contributed by atoms with E-state index >= 15 is 0 Å². The van der Waals surface area contributed by atoms with E-state index in [2.05, 4.69) is 29.6 Å². The lowest BCUT2D eigenvalue weighted by atomic mass is 9.92. The topological polar surface area (TPSA) is 21.3 Å². The van der Waals surface area contributed by atoms with E-state index < -0.39 is 0 Å². The minimum absolute atomic E-state index is 0.422. The zero-order valence-electron chi connectivity index (χ0n) is 11.7. The highest BCUT2D eigenvalue weighted by Crippen LogP contribution is 2.24. The van der Waals surface area contributed by atoms with Gasteiger partial charge in [-0.1, -0.05) is 12.1 Å². The number of methoxy groups -OCH3 is 1. The van der Waals surface area contributed by atoms with Crippen LogP contribution in [-0.2, 0) is 11.2 Å². The Labute approximate surface area is 121 Å². The average molecular weight is 282 g/mol. The first kappa shape index (κ1) is 14.7. The maximum absolute atomic E-state index is 5.75. The fourth-order valence-electron chi connectivity index (χ4n) is 2.81. The molecule has 19 heavy (non-hydrogen) atoms. The van der Waals surface area contributed by atoms with Gasteiger partial charge in [-0.2, -0.15) is 0 Å². The Bertz CT molecular complexity index is 383. The number of rotatable bonds is 6. The Hall–Kier alpha value is -0.730. The first-order valence-corrected chi connectivity index (χ1v) is 7.79. The van der Waals surface area contributed by atoms with Crippen molar-refractivity contribution in [3.8, 4) is 0 Å². The molecular weight excluding hydrogens is 258 g/mol. The van der Waals surface area contributed by atoms with Crippen LogP contribution in [0, 0.1) is 0 Å². The molecule has 2 atom stereocenters. The fraction of sp³-hybridized carbons (Fsp3) is 0.625. The van der Waals surface area contributed by atoms with E-state index in [4.69, 9.17) is 16.3 Å². The zero-order chi connectivity index (χ0) is 13.5. The van der Waals surface area contributed by atoms with Crippen molar-refractivity contribution in [1.29, 1.82) is 0 Å². The monoisotopic (exact) mass is 281 g/mol. The largest absolute Gasteiger partial charge is 0.382 e. The van der Waals surface area contributed by atoms with E-state index in [0.717, 1.165) is 25.1 Å². The average Bonchev–Trinajstić information content (AvgIpc) is 2.46. The van der Waals surface area contributed by atoms with Crippen molar-refractivity contribution in [2.75, 3.05) is 18.3 Å². The third kappa shape index (κ3) is 4.70. The van der Waals surface area contributed by atoms with Gasteiger partial charge >= 0.3 is 0 Å². The second kappa shape index (κ2) is 7.76. The predicted octanol–water partition coefficient (Wildman–Crippen LogP) is 4.23. The van der Waals surface area contributed by atoms with Crippen molar-refractivity contribution < 1.29 is 4.74 Å². The van der Waals surface area contributed by atoms with Crippen LogP contribution < -0.4 is 5.32 Å². The van der Waals surface area contributed by atoms with Crippen LogP contribution in [0.15, 0.2) is 24.3 Å². The maximum atomic E-state index is 5.75. The Morgan fingerprint density at radius 1 is 1.37 bits per heavy atom. The van der Waals surface area contributed by atoms with E-state index in [1.165, 1.54) is 30.5 Å². The lowest BCUT2D eigenvalue weighted by Gasteiger charge is -2.29. The molecule has 0 saturated heterocycles. The van der Waals surface area contributed by atoms with E-state index in [9.17, 15) is 0 Å². The van der Waals surface area contributed by atoms with Gasteiger partial charge in [-0.25, -0.2) is 0 Å². The molecule has 1 aliphatic rings. The molecule has 2 rings (SSSR count). The SMILES string of the molecule is COC1CCCC(Nc2cccc(CCCCl)c2)C1. The standard InChI is InChI=1S/C16H24ClNO/c1-19-16-9-3-8-15(12-16)18-14-7-2-5-13(11-14)6-4-10-17/h2,5,7,11,15-16,18H,3-4,6,8-10,12H2,1H3. The molecule has 0 spiro atoms. The number of halogens is 1. The molecule has 2 nitrogen and oxygen atoms in total. The second-order valence-corrected chi connectivity index (χ2v) is 5.74. The lowest BCUT2D eigenvalue weighted by molar-refractivity contribution is 0.0669. The van der Waals surface area contributed by atoms with Gasteiger partial charge < -0.3 is 10.1 Å². The first-order chi connectivity index (χ1) is 9.31.